The van der Waals surface area contributed by atoms with Gasteiger partial charge in [-0.15, -0.1) is 0 Å². The second-order valence-corrected chi connectivity index (χ2v) is 5.40. The number of methoxy groups -OCH3 is 1. The lowest BCUT2D eigenvalue weighted by Crippen LogP contribution is -2.06. The van der Waals surface area contributed by atoms with Crippen molar-refractivity contribution >= 4 is 17.0 Å². The summed E-state index contributed by atoms with van der Waals surface area (Å²) in [5.74, 6) is -0.195. The molecule has 2 N–H and O–H groups in total. The number of benzene rings is 1. The highest BCUT2D eigenvalue weighted by molar-refractivity contribution is 5.93. The van der Waals surface area contributed by atoms with E-state index in [4.69, 9.17) is 9.84 Å². The molecule has 7 heteroatoms. The molecule has 0 aliphatic carbocycles. The number of aromatic carboxylic acids is 1. The summed E-state index contributed by atoms with van der Waals surface area (Å²) in [5, 5.41) is 16.4. The Morgan fingerprint density at radius 2 is 2.17 bits per heavy atom. The molecule has 120 valence electrons. The maximum Gasteiger partial charge on any atom is 0.335 e. The molecule has 1 aromatic carbocycles. The first kappa shape index (κ1) is 15.2. The molecule has 3 aromatic rings. The second kappa shape index (κ2) is 5.85. The van der Waals surface area contributed by atoms with Gasteiger partial charge in [-0.1, -0.05) is 0 Å². The molecule has 0 radical (unpaired) electrons. The Bertz CT molecular complexity index is 859. The first-order chi connectivity index (χ1) is 11.0. The summed E-state index contributed by atoms with van der Waals surface area (Å²) in [7, 11) is 1.65. The quantitative estimate of drug-likeness (QED) is 0.754. The van der Waals surface area contributed by atoms with Crippen molar-refractivity contribution in [3.05, 3.63) is 35.2 Å². The summed E-state index contributed by atoms with van der Waals surface area (Å²) >= 11 is 0. The predicted molar refractivity (Wildman–Crippen MR) is 85.6 cm³/mol. The number of carboxylic acids is 1. The molecule has 0 bridgehead atoms. The van der Waals surface area contributed by atoms with Gasteiger partial charge in [0.25, 0.3) is 0 Å². The van der Waals surface area contributed by atoms with Gasteiger partial charge in [-0.3, -0.25) is 5.10 Å². The number of ether oxygens (including phenoxy) is 1. The number of fused-ring (bicyclic) bond motifs is 1. The van der Waals surface area contributed by atoms with Crippen molar-refractivity contribution in [1.82, 2.24) is 19.7 Å². The van der Waals surface area contributed by atoms with Crippen LogP contribution in [0.1, 0.15) is 21.7 Å². The van der Waals surface area contributed by atoms with Crippen LogP contribution in [-0.2, 0) is 11.3 Å². The van der Waals surface area contributed by atoms with Crippen LogP contribution in [0.3, 0.4) is 0 Å². The van der Waals surface area contributed by atoms with E-state index in [9.17, 15) is 4.79 Å². The van der Waals surface area contributed by atoms with Crippen LogP contribution >= 0.6 is 0 Å². The minimum atomic E-state index is -0.962. The SMILES string of the molecule is COCCn1c(-c2c(C)n[nH]c2C)nc2cc(C(=O)O)ccc21. The molecule has 0 unspecified atom stereocenters. The Hall–Kier alpha value is -2.67. The largest absolute Gasteiger partial charge is 0.478 e. The van der Waals surface area contributed by atoms with Crippen LogP contribution in [0.2, 0.25) is 0 Å². The van der Waals surface area contributed by atoms with Crippen molar-refractivity contribution in [2.45, 2.75) is 20.4 Å². The van der Waals surface area contributed by atoms with Crippen LogP contribution < -0.4 is 0 Å². The van der Waals surface area contributed by atoms with Crippen LogP contribution in [0.4, 0.5) is 0 Å². The van der Waals surface area contributed by atoms with Crippen molar-refractivity contribution < 1.29 is 14.6 Å². The number of carboxylic acid groups (broad SMARTS) is 1. The first-order valence-electron chi connectivity index (χ1n) is 7.27. The summed E-state index contributed by atoms with van der Waals surface area (Å²) in [4.78, 5) is 15.8. The number of carbonyl (C=O) groups is 1. The molecule has 0 saturated heterocycles. The van der Waals surface area contributed by atoms with Gasteiger partial charge in [0.2, 0.25) is 0 Å². The van der Waals surface area contributed by atoms with Crippen molar-refractivity contribution in [2.75, 3.05) is 13.7 Å². The highest BCUT2D eigenvalue weighted by Crippen LogP contribution is 2.29. The normalized spacial score (nSPS) is 11.3. The zero-order valence-corrected chi connectivity index (χ0v) is 13.3. The Morgan fingerprint density at radius 3 is 2.78 bits per heavy atom. The summed E-state index contributed by atoms with van der Waals surface area (Å²) < 4.78 is 7.23. The minimum absolute atomic E-state index is 0.223. The van der Waals surface area contributed by atoms with Crippen LogP contribution in [0.15, 0.2) is 18.2 Å². The Kier molecular flexibility index (Phi) is 3.87. The lowest BCUT2D eigenvalue weighted by atomic mass is 10.2. The van der Waals surface area contributed by atoms with Gasteiger partial charge in [0.15, 0.2) is 0 Å². The van der Waals surface area contributed by atoms with E-state index >= 15 is 0 Å². The van der Waals surface area contributed by atoms with E-state index in [1.165, 1.54) is 0 Å². The summed E-state index contributed by atoms with van der Waals surface area (Å²) in [6.07, 6.45) is 0. The lowest BCUT2D eigenvalue weighted by molar-refractivity contribution is 0.0697. The third-order valence-corrected chi connectivity index (χ3v) is 3.87. The zero-order chi connectivity index (χ0) is 16.6. The smallest absolute Gasteiger partial charge is 0.335 e. The first-order valence-corrected chi connectivity index (χ1v) is 7.27. The molecular weight excluding hydrogens is 296 g/mol. The molecule has 3 rings (SSSR count). The number of imidazole rings is 1. The van der Waals surface area contributed by atoms with Crippen molar-refractivity contribution in [1.29, 1.82) is 0 Å². The lowest BCUT2D eigenvalue weighted by Gasteiger charge is -2.09. The molecule has 2 heterocycles. The highest BCUT2D eigenvalue weighted by atomic mass is 16.5. The zero-order valence-electron chi connectivity index (χ0n) is 13.3. The number of hydrogen-bond donors (Lipinski definition) is 2. The van der Waals surface area contributed by atoms with E-state index in [0.29, 0.717) is 18.7 Å². The maximum atomic E-state index is 11.2. The second-order valence-electron chi connectivity index (χ2n) is 5.40. The van der Waals surface area contributed by atoms with Crippen molar-refractivity contribution in [3.63, 3.8) is 0 Å². The fourth-order valence-electron chi connectivity index (χ4n) is 2.74. The summed E-state index contributed by atoms with van der Waals surface area (Å²) in [6, 6.07) is 4.97. The molecule has 0 aliphatic rings. The summed E-state index contributed by atoms with van der Waals surface area (Å²) in [6.45, 7) is 5.02. The fraction of sp³-hybridized carbons (Fsp3) is 0.312. The molecule has 2 aromatic heterocycles. The third-order valence-electron chi connectivity index (χ3n) is 3.87. The molecule has 0 fully saturated rings. The van der Waals surface area contributed by atoms with Gasteiger partial charge in [0.05, 0.1) is 34.5 Å². The van der Waals surface area contributed by atoms with E-state index in [0.717, 1.165) is 28.3 Å². The molecule has 0 saturated carbocycles. The molecule has 0 amide bonds. The van der Waals surface area contributed by atoms with Gasteiger partial charge in [-0.25, -0.2) is 9.78 Å². The van der Waals surface area contributed by atoms with Gasteiger partial charge in [-0.2, -0.15) is 5.10 Å². The van der Waals surface area contributed by atoms with E-state index in [1.54, 1.807) is 25.3 Å². The number of H-pyrrole nitrogens is 1. The van der Waals surface area contributed by atoms with Gasteiger partial charge in [0.1, 0.15) is 5.82 Å². The van der Waals surface area contributed by atoms with E-state index < -0.39 is 5.97 Å². The van der Waals surface area contributed by atoms with E-state index in [-0.39, 0.29) is 5.56 Å². The number of aromatic nitrogens is 4. The number of nitrogens with one attached hydrogen (secondary N) is 1. The average Bonchev–Trinajstić information content (AvgIpc) is 3.04. The third kappa shape index (κ3) is 2.59. The maximum absolute atomic E-state index is 11.2. The van der Waals surface area contributed by atoms with Gasteiger partial charge in [0, 0.05) is 19.3 Å². The standard InChI is InChI=1S/C16H18N4O3/c1-9-14(10(2)19-18-9)15-17-12-8-11(16(21)22)4-5-13(12)20(15)6-7-23-3/h4-5,8H,6-7H2,1-3H3,(H,18,19)(H,21,22). The van der Waals surface area contributed by atoms with E-state index in [1.807, 2.05) is 18.4 Å². The fourth-order valence-corrected chi connectivity index (χ4v) is 2.74. The predicted octanol–water partition coefficient (Wildman–Crippen LogP) is 2.39. The monoisotopic (exact) mass is 314 g/mol. The van der Waals surface area contributed by atoms with Gasteiger partial charge < -0.3 is 14.4 Å². The van der Waals surface area contributed by atoms with E-state index in [2.05, 4.69) is 15.2 Å². The number of rotatable bonds is 5. The van der Waals surface area contributed by atoms with Crippen LogP contribution in [0.5, 0.6) is 0 Å². The highest BCUT2D eigenvalue weighted by Gasteiger charge is 2.19. The van der Waals surface area contributed by atoms with Crippen LogP contribution in [0, 0.1) is 13.8 Å². The molecular formula is C16H18N4O3. The molecule has 0 atom stereocenters. The molecule has 0 aliphatic heterocycles. The number of aromatic amines is 1. The Balaban J connectivity index is 2.24. The van der Waals surface area contributed by atoms with Crippen molar-refractivity contribution in [3.8, 4) is 11.4 Å². The number of nitrogens with zero attached hydrogens (tertiary/aromatic N) is 3. The van der Waals surface area contributed by atoms with Crippen molar-refractivity contribution in [2.24, 2.45) is 0 Å². The molecule has 23 heavy (non-hydrogen) atoms. The Labute approximate surface area is 132 Å². The Morgan fingerprint density at radius 1 is 1.39 bits per heavy atom. The van der Waals surface area contributed by atoms with Gasteiger partial charge >= 0.3 is 5.97 Å². The van der Waals surface area contributed by atoms with Crippen LogP contribution in [0.25, 0.3) is 22.4 Å². The molecule has 0 spiro atoms. The number of aryl methyl sites for hydroxylation is 2. The van der Waals surface area contributed by atoms with Crippen LogP contribution in [-0.4, -0.2) is 44.5 Å². The summed E-state index contributed by atoms with van der Waals surface area (Å²) in [5.41, 5.74) is 4.47. The molecule has 7 nitrogen and oxygen atoms in total. The average molecular weight is 314 g/mol. The topological polar surface area (TPSA) is 93.0 Å². The number of hydrogen-bond acceptors (Lipinski definition) is 4. The van der Waals surface area contributed by atoms with Gasteiger partial charge in [-0.05, 0) is 32.0 Å². The minimum Gasteiger partial charge on any atom is -0.478 e.